The van der Waals surface area contributed by atoms with Gasteiger partial charge < -0.3 is 114 Å². The van der Waals surface area contributed by atoms with Gasteiger partial charge in [0, 0.05) is 7.11 Å². The Morgan fingerprint density at radius 3 is 0.408 bits per heavy atom. The minimum absolute atomic E-state index is 0.133. The average molecular weight is 1120 g/mol. The summed E-state index contributed by atoms with van der Waals surface area (Å²) in [6, 6.07) is 0. The first kappa shape index (κ1) is 74.5. The lowest BCUT2D eigenvalue weighted by atomic mass is 10.2. The molecule has 0 aromatic rings. The van der Waals surface area contributed by atoms with Gasteiger partial charge in [0.1, 0.15) is 6.61 Å². The predicted octanol–water partition coefficient (Wildman–Crippen LogP) is 1.20. The molecule has 0 aromatic heterocycles. The zero-order valence-electron chi connectivity index (χ0n) is 46.8. The van der Waals surface area contributed by atoms with Gasteiger partial charge in [-0.2, -0.15) is 0 Å². The van der Waals surface area contributed by atoms with E-state index in [-0.39, 0.29) is 18.5 Å². The summed E-state index contributed by atoms with van der Waals surface area (Å²) < 4.78 is 130. The molecule has 0 unspecified atom stereocenters. The van der Waals surface area contributed by atoms with Crippen LogP contribution < -0.4 is 0 Å². The van der Waals surface area contributed by atoms with E-state index in [2.05, 4.69) is 0 Å². The van der Waals surface area contributed by atoms with Crippen LogP contribution in [0.15, 0.2) is 0 Å². The fourth-order valence-electron chi connectivity index (χ4n) is 5.23. The Morgan fingerprint density at radius 1 is 0.197 bits per heavy atom. The van der Waals surface area contributed by atoms with Gasteiger partial charge >= 0.3 is 5.97 Å². The maximum Gasteiger partial charge on any atom is 0.308 e. The monoisotopic (exact) mass is 1110 g/mol. The fraction of sp³-hybridized carbons (Fsp3) is 0.980. The number of carbonyl (C=O) groups is 1. The second kappa shape index (κ2) is 69.7. The van der Waals surface area contributed by atoms with E-state index in [4.69, 9.17) is 114 Å². The van der Waals surface area contributed by atoms with Gasteiger partial charge in [-0.25, -0.2) is 0 Å². The molecule has 0 heterocycles. The summed E-state index contributed by atoms with van der Waals surface area (Å²) in [4.78, 5) is 11.3. The van der Waals surface area contributed by atoms with Crippen LogP contribution in [0.2, 0.25) is 0 Å². The van der Waals surface area contributed by atoms with Crippen molar-refractivity contribution in [2.24, 2.45) is 5.92 Å². The molecule has 25 nitrogen and oxygen atoms in total. The summed E-state index contributed by atoms with van der Waals surface area (Å²) in [6.07, 6.45) is 0. The normalized spacial score (nSPS) is 11.7. The highest BCUT2D eigenvalue weighted by Crippen LogP contribution is 1.96. The lowest BCUT2D eigenvalue weighted by Gasteiger charge is -2.09. The SMILES string of the molecule is COCCOCCOCCOCCOCCOCCOCCOCCOCCOCCOCCOCCOCCOCCOCCOCCOCCOCCOCCOCCOCCOCCOCCOC(=O)C(C)C. The molecule has 0 fully saturated rings. The Bertz CT molecular complexity index is 1060. The molecular formula is C51H102O25. The van der Waals surface area contributed by atoms with Gasteiger partial charge in [0.25, 0.3) is 0 Å². The molecule has 0 aliphatic carbocycles. The van der Waals surface area contributed by atoms with Crippen molar-refractivity contribution in [3.8, 4) is 0 Å². The first-order valence-electron chi connectivity index (χ1n) is 27.0. The Hall–Kier alpha value is -1.45. The number of methoxy groups -OCH3 is 1. The van der Waals surface area contributed by atoms with Crippen molar-refractivity contribution in [3.63, 3.8) is 0 Å². The Morgan fingerprint density at radius 2 is 0.303 bits per heavy atom. The number of carbonyl (C=O) groups excluding carboxylic acids is 1. The summed E-state index contributed by atoms with van der Waals surface area (Å²) in [5, 5.41) is 0. The van der Waals surface area contributed by atoms with E-state index in [1.54, 1.807) is 21.0 Å². The van der Waals surface area contributed by atoms with Crippen LogP contribution in [0.1, 0.15) is 13.8 Å². The summed E-state index contributed by atoms with van der Waals surface area (Å²) in [5.74, 6) is -0.357. The smallest absolute Gasteiger partial charge is 0.308 e. The minimum Gasteiger partial charge on any atom is -0.463 e. The molecule has 0 atom stereocenters. The third-order valence-corrected chi connectivity index (χ3v) is 9.19. The largest absolute Gasteiger partial charge is 0.463 e. The van der Waals surface area contributed by atoms with Crippen LogP contribution in [0.5, 0.6) is 0 Å². The predicted molar refractivity (Wildman–Crippen MR) is 276 cm³/mol. The molecule has 0 amide bonds. The van der Waals surface area contributed by atoms with Crippen LogP contribution in [-0.2, 0) is 118 Å². The molecule has 0 saturated carbocycles. The molecule has 0 N–H and O–H groups in total. The van der Waals surface area contributed by atoms with Crippen LogP contribution in [-0.4, -0.2) is 317 Å². The van der Waals surface area contributed by atoms with Crippen LogP contribution in [0.4, 0.5) is 0 Å². The van der Waals surface area contributed by atoms with Crippen molar-refractivity contribution in [2.75, 3.05) is 311 Å². The number of esters is 1. The molecule has 0 saturated heterocycles. The van der Waals surface area contributed by atoms with Crippen molar-refractivity contribution in [3.05, 3.63) is 0 Å². The van der Waals surface area contributed by atoms with Gasteiger partial charge in [-0.3, -0.25) is 4.79 Å². The third-order valence-electron chi connectivity index (χ3n) is 9.19. The van der Waals surface area contributed by atoms with E-state index >= 15 is 0 Å². The van der Waals surface area contributed by atoms with Crippen LogP contribution in [0, 0.1) is 5.92 Å². The quantitative estimate of drug-likeness (QED) is 0.0614. The zero-order valence-corrected chi connectivity index (χ0v) is 46.8. The third kappa shape index (κ3) is 68.7. The highest BCUT2D eigenvalue weighted by atomic mass is 16.6. The maximum atomic E-state index is 11.3. The molecule has 0 bridgehead atoms. The molecule has 0 aliphatic rings. The summed E-state index contributed by atoms with van der Waals surface area (Å²) in [5.41, 5.74) is 0. The minimum atomic E-state index is -0.224. The van der Waals surface area contributed by atoms with Gasteiger partial charge in [-0.15, -0.1) is 0 Å². The van der Waals surface area contributed by atoms with Crippen molar-refractivity contribution < 1.29 is 118 Å². The Kier molecular flexibility index (Phi) is 68.3. The lowest BCUT2D eigenvalue weighted by Crippen LogP contribution is -2.17. The molecule has 25 heteroatoms. The van der Waals surface area contributed by atoms with Crippen LogP contribution in [0.25, 0.3) is 0 Å². The number of hydrogen-bond acceptors (Lipinski definition) is 25. The lowest BCUT2D eigenvalue weighted by molar-refractivity contribution is -0.149. The van der Waals surface area contributed by atoms with Gasteiger partial charge in [-0.05, 0) is 0 Å². The highest BCUT2D eigenvalue weighted by Gasteiger charge is 2.07. The van der Waals surface area contributed by atoms with E-state index in [0.717, 1.165) is 0 Å². The van der Waals surface area contributed by atoms with Crippen molar-refractivity contribution in [2.45, 2.75) is 13.8 Å². The Balaban J connectivity index is 3.09. The molecule has 0 aromatic carbocycles. The van der Waals surface area contributed by atoms with E-state index in [0.29, 0.717) is 297 Å². The van der Waals surface area contributed by atoms with Gasteiger partial charge in [0.15, 0.2) is 0 Å². The van der Waals surface area contributed by atoms with E-state index < -0.39 is 0 Å². The molecular weight excluding hydrogens is 1010 g/mol. The number of hydrogen-bond donors (Lipinski definition) is 0. The van der Waals surface area contributed by atoms with Crippen LogP contribution >= 0.6 is 0 Å². The standard InChI is InChI=1S/C51H102O25/c1-50(2)51(52)76-49-48-75-47-46-74-45-44-73-43-42-72-41-40-71-39-38-70-37-36-69-35-34-68-33-32-67-31-30-66-29-28-65-27-26-64-25-24-63-23-22-62-21-20-61-19-18-60-17-16-59-15-14-58-13-12-57-11-10-56-9-8-55-7-6-54-5-4-53-3/h50H,4-49H2,1-3H3. The molecule has 456 valence electrons. The van der Waals surface area contributed by atoms with Crippen molar-refractivity contribution in [1.82, 2.24) is 0 Å². The van der Waals surface area contributed by atoms with Gasteiger partial charge in [0.05, 0.1) is 303 Å². The van der Waals surface area contributed by atoms with Gasteiger partial charge in [-0.1, -0.05) is 13.8 Å². The molecule has 0 aliphatic heterocycles. The fourth-order valence-corrected chi connectivity index (χ4v) is 5.23. The van der Waals surface area contributed by atoms with Crippen molar-refractivity contribution in [1.29, 1.82) is 0 Å². The number of rotatable bonds is 70. The summed E-state index contributed by atoms with van der Waals surface area (Å²) >= 11 is 0. The summed E-state index contributed by atoms with van der Waals surface area (Å²) in [6.45, 7) is 25.9. The molecule has 0 spiro atoms. The average Bonchev–Trinajstić information content (AvgIpc) is 3.42. The Labute approximate surface area is 454 Å². The first-order valence-corrected chi connectivity index (χ1v) is 27.0. The maximum absolute atomic E-state index is 11.3. The van der Waals surface area contributed by atoms with E-state index in [1.165, 1.54) is 0 Å². The topological polar surface area (TPSA) is 239 Å². The van der Waals surface area contributed by atoms with E-state index in [1.807, 2.05) is 0 Å². The molecule has 76 heavy (non-hydrogen) atoms. The second-order valence-electron chi connectivity index (χ2n) is 15.8. The summed E-state index contributed by atoms with van der Waals surface area (Å²) in [7, 11) is 1.64. The second-order valence-corrected chi connectivity index (χ2v) is 15.8. The zero-order chi connectivity index (χ0) is 54.7. The van der Waals surface area contributed by atoms with Crippen molar-refractivity contribution >= 4 is 5.97 Å². The highest BCUT2D eigenvalue weighted by molar-refractivity contribution is 5.71. The van der Waals surface area contributed by atoms with Crippen LogP contribution in [0.3, 0.4) is 0 Å². The van der Waals surface area contributed by atoms with E-state index in [9.17, 15) is 4.79 Å². The van der Waals surface area contributed by atoms with Gasteiger partial charge in [0.2, 0.25) is 0 Å². The number of ether oxygens (including phenoxy) is 24. The molecule has 0 radical (unpaired) electrons. The first-order chi connectivity index (χ1) is 37.7. The molecule has 0 rings (SSSR count).